The van der Waals surface area contributed by atoms with Gasteiger partial charge in [-0.3, -0.25) is 4.79 Å². The average molecular weight is 1070 g/mol. The largest absolute Gasteiger partial charge is 0.512 e. The SMILES string of the molecule is CC(=O)/C=C(/C)O.FC(F)(F)c1ccc(-c2[c-]cc3c(c2)c2ccccc2n3-c2ccccc2)nc1.FC(F)(F)c1ccc(-c2[c-]cc3c(c2)c2ccccc2n3-c2ccccc2)nc1.[Ir]. The zero-order chi connectivity index (χ0) is 45.9. The third-order valence-electron chi connectivity index (χ3n) is 10.4. The Bertz CT molecular complexity index is 3110. The summed E-state index contributed by atoms with van der Waals surface area (Å²) < 4.78 is 81.2. The molecule has 0 fully saturated rings. The second-order valence-electron chi connectivity index (χ2n) is 14.9. The summed E-state index contributed by atoms with van der Waals surface area (Å²) in [5.41, 5.74) is 6.84. The van der Waals surface area contributed by atoms with Crippen LogP contribution in [-0.4, -0.2) is 30.0 Å². The molecule has 4 aromatic heterocycles. The van der Waals surface area contributed by atoms with Gasteiger partial charge in [-0.2, -0.15) is 26.3 Å². The molecular formula is C53H36F6IrN4O2-2. The van der Waals surface area contributed by atoms with Gasteiger partial charge in [-0.15, -0.1) is 47.5 Å². The van der Waals surface area contributed by atoms with E-state index in [9.17, 15) is 31.1 Å². The Morgan fingerprint density at radius 3 is 1.23 bits per heavy atom. The van der Waals surface area contributed by atoms with Crippen LogP contribution in [0.3, 0.4) is 0 Å². The molecule has 10 rings (SSSR count). The molecule has 0 aliphatic heterocycles. The zero-order valence-corrected chi connectivity index (χ0v) is 37.4. The molecule has 0 aliphatic rings. The van der Waals surface area contributed by atoms with E-state index in [-0.39, 0.29) is 31.6 Å². The van der Waals surface area contributed by atoms with Crippen LogP contribution in [0.4, 0.5) is 26.3 Å². The van der Waals surface area contributed by atoms with Gasteiger partial charge in [0.15, 0.2) is 5.78 Å². The van der Waals surface area contributed by atoms with Crippen LogP contribution in [0, 0.1) is 12.1 Å². The Kier molecular flexibility index (Phi) is 13.7. The van der Waals surface area contributed by atoms with Crippen molar-refractivity contribution in [3.8, 4) is 33.9 Å². The summed E-state index contributed by atoms with van der Waals surface area (Å²) in [7, 11) is 0. The van der Waals surface area contributed by atoms with E-state index in [4.69, 9.17) is 5.11 Å². The molecule has 0 unspecified atom stereocenters. The van der Waals surface area contributed by atoms with Gasteiger partial charge in [0, 0.05) is 61.0 Å². The predicted molar refractivity (Wildman–Crippen MR) is 243 cm³/mol. The minimum Gasteiger partial charge on any atom is -0.512 e. The van der Waals surface area contributed by atoms with Crippen LogP contribution in [0.25, 0.3) is 77.5 Å². The first kappa shape index (κ1) is 46.6. The summed E-state index contributed by atoms with van der Waals surface area (Å²) in [4.78, 5) is 18.0. The van der Waals surface area contributed by atoms with E-state index in [2.05, 4.69) is 43.4 Å². The third-order valence-corrected chi connectivity index (χ3v) is 10.4. The van der Waals surface area contributed by atoms with Gasteiger partial charge in [0.2, 0.25) is 0 Å². The number of para-hydroxylation sites is 4. The Balaban J connectivity index is 0.000000170. The quantitative estimate of drug-likeness (QED) is 0.0807. The molecule has 0 aliphatic carbocycles. The molecule has 0 amide bonds. The van der Waals surface area contributed by atoms with Crippen LogP contribution in [-0.2, 0) is 37.3 Å². The summed E-state index contributed by atoms with van der Waals surface area (Å²) in [5.74, 6) is -0.0625. The Hall–Kier alpha value is -7.34. The van der Waals surface area contributed by atoms with Crippen LogP contribution < -0.4 is 0 Å². The molecule has 6 aromatic carbocycles. The minimum absolute atomic E-state index is 0. The fourth-order valence-electron chi connectivity index (χ4n) is 7.56. The van der Waals surface area contributed by atoms with Gasteiger partial charge in [0.05, 0.1) is 16.9 Å². The van der Waals surface area contributed by atoms with E-state index < -0.39 is 23.5 Å². The number of pyridine rings is 2. The van der Waals surface area contributed by atoms with Crippen molar-refractivity contribution in [2.24, 2.45) is 0 Å². The number of allylic oxidation sites excluding steroid dienone is 2. The number of rotatable bonds is 5. The van der Waals surface area contributed by atoms with Gasteiger partial charge in [0.1, 0.15) is 0 Å². The van der Waals surface area contributed by atoms with Crippen molar-refractivity contribution in [1.29, 1.82) is 0 Å². The first-order chi connectivity index (χ1) is 31.2. The molecule has 6 nitrogen and oxygen atoms in total. The molecule has 10 aromatic rings. The van der Waals surface area contributed by atoms with Crippen molar-refractivity contribution < 1.29 is 56.3 Å². The van der Waals surface area contributed by atoms with Gasteiger partial charge in [-0.1, -0.05) is 108 Å². The fourth-order valence-corrected chi connectivity index (χ4v) is 7.56. The van der Waals surface area contributed by atoms with E-state index in [0.29, 0.717) is 22.5 Å². The molecule has 1 N–H and O–H groups in total. The third kappa shape index (κ3) is 9.97. The molecule has 0 spiro atoms. The first-order valence-electron chi connectivity index (χ1n) is 20.1. The van der Waals surface area contributed by atoms with Crippen LogP contribution in [0.5, 0.6) is 0 Å². The molecule has 0 saturated carbocycles. The topological polar surface area (TPSA) is 72.9 Å². The summed E-state index contributed by atoms with van der Waals surface area (Å²) >= 11 is 0. The maximum Gasteiger partial charge on any atom is 0.417 e. The number of aliphatic hydroxyl groups is 1. The second-order valence-corrected chi connectivity index (χ2v) is 14.9. The van der Waals surface area contributed by atoms with E-state index >= 15 is 0 Å². The summed E-state index contributed by atoms with van der Waals surface area (Å²) in [6, 6.07) is 55.0. The van der Waals surface area contributed by atoms with Crippen molar-refractivity contribution in [2.75, 3.05) is 0 Å². The van der Waals surface area contributed by atoms with Crippen molar-refractivity contribution in [1.82, 2.24) is 19.1 Å². The van der Waals surface area contributed by atoms with Crippen molar-refractivity contribution in [3.63, 3.8) is 0 Å². The van der Waals surface area contributed by atoms with E-state index in [1.54, 1.807) is 0 Å². The van der Waals surface area contributed by atoms with Crippen molar-refractivity contribution >= 4 is 49.4 Å². The number of benzene rings is 6. The standard InChI is InChI=1S/2C24H14F3N2.C5H8O2.Ir/c2*25-24(26,27)17-11-12-21(28-15-17)16-10-13-23-20(14-16)19-8-4-5-9-22(19)29(23)18-6-2-1-3-7-18;1-4(6)3-5(2)7;/h2*1-9,11-15H;3,6H,1-2H3;/q2*-1;;/b;;4-3-;. The van der Waals surface area contributed by atoms with Gasteiger partial charge in [-0.25, -0.2) is 0 Å². The molecule has 0 saturated heterocycles. The molecule has 66 heavy (non-hydrogen) atoms. The van der Waals surface area contributed by atoms with Gasteiger partial charge in [0.25, 0.3) is 0 Å². The van der Waals surface area contributed by atoms with Crippen molar-refractivity contribution in [2.45, 2.75) is 26.2 Å². The van der Waals surface area contributed by atoms with Crippen molar-refractivity contribution in [3.05, 3.63) is 205 Å². The smallest absolute Gasteiger partial charge is 0.417 e. The van der Waals surface area contributed by atoms with Crippen LogP contribution in [0.15, 0.2) is 182 Å². The van der Waals surface area contributed by atoms with E-state index in [1.807, 2.05) is 121 Å². The number of hydrogen-bond acceptors (Lipinski definition) is 4. The fraction of sp³-hybridized carbons (Fsp3) is 0.0755. The van der Waals surface area contributed by atoms with Crippen LogP contribution in [0.1, 0.15) is 25.0 Å². The number of alkyl halides is 6. The summed E-state index contributed by atoms with van der Waals surface area (Å²) in [5, 5.41) is 12.5. The Morgan fingerprint density at radius 1 is 0.530 bits per heavy atom. The molecule has 13 heteroatoms. The Morgan fingerprint density at radius 2 is 0.909 bits per heavy atom. The first-order valence-corrected chi connectivity index (χ1v) is 20.1. The number of aliphatic hydroxyl groups excluding tert-OH is 1. The Labute approximate surface area is 388 Å². The zero-order valence-electron chi connectivity index (χ0n) is 35.0. The summed E-state index contributed by atoms with van der Waals surface area (Å²) in [6.07, 6.45) is -5.91. The minimum atomic E-state index is -4.40. The number of hydrogen-bond donors (Lipinski definition) is 1. The van der Waals surface area contributed by atoms with Crippen LogP contribution in [0.2, 0.25) is 0 Å². The number of ketones is 1. The summed E-state index contributed by atoms with van der Waals surface area (Å²) in [6.45, 7) is 2.85. The number of fused-ring (bicyclic) bond motifs is 6. The molecule has 4 heterocycles. The molecule has 0 atom stereocenters. The maximum atomic E-state index is 12.8. The van der Waals surface area contributed by atoms with Gasteiger partial charge < -0.3 is 24.2 Å². The number of nitrogens with zero attached hydrogens (tertiary/aromatic N) is 4. The monoisotopic (exact) mass is 1070 g/mol. The second kappa shape index (κ2) is 19.4. The van der Waals surface area contributed by atoms with Gasteiger partial charge >= 0.3 is 12.4 Å². The number of carbonyl (C=O) groups is 1. The molecule has 333 valence electrons. The molecule has 1 radical (unpaired) electrons. The average Bonchev–Trinajstić information content (AvgIpc) is 3.81. The number of carbonyl (C=O) groups excluding carboxylic acids is 1. The number of halogens is 6. The number of aromatic nitrogens is 4. The molecule has 0 bridgehead atoms. The van der Waals surface area contributed by atoms with Crippen LogP contribution >= 0.6 is 0 Å². The van der Waals surface area contributed by atoms with E-state index in [1.165, 1.54) is 32.1 Å². The van der Waals surface area contributed by atoms with E-state index in [0.717, 1.165) is 79.5 Å². The maximum absolute atomic E-state index is 12.8. The van der Waals surface area contributed by atoms with Gasteiger partial charge in [-0.05, 0) is 83.4 Å². The normalized spacial score (nSPS) is 11.7. The predicted octanol–water partition coefficient (Wildman–Crippen LogP) is 14.4. The molecular weight excluding hydrogens is 1030 g/mol.